The van der Waals surface area contributed by atoms with Crippen LogP contribution in [0.4, 0.5) is 8.78 Å². The Morgan fingerprint density at radius 1 is 1.17 bits per heavy atom. The van der Waals surface area contributed by atoms with Gasteiger partial charge in [-0.3, -0.25) is 14.4 Å². The van der Waals surface area contributed by atoms with Gasteiger partial charge in [0, 0.05) is 24.4 Å². The van der Waals surface area contributed by atoms with Crippen LogP contribution < -0.4 is 15.5 Å². The van der Waals surface area contributed by atoms with Gasteiger partial charge in [0.05, 0.1) is 19.2 Å². The number of rotatable bonds is 6. The molecule has 1 saturated heterocycles. The molecule has 0 bridgehead atoms. The lowest BCUT2D eigenvalue weighted by Gasteiger charge is -2.34. The second kappa shape index (κ2) is 9.54. The Morgan fingerprint density at radius 2 is 1.94 bits per heavy atom. The number of amides is 2. The van der Waals surface area contributed by atoms with E-state index in [0.717, 1.165) is 11.6 Å². The maximum atomic E-state index is 14.0. The fourth-order valence-electron chi connectivity index (χ4n) is 4.42. The lowest BCUT2D eigenvalue weighted by molar-refractivity contribution is 0.00603. The third-order valence-electron chi connectivity index (χ3n) is 6.27. The standard InChI is InChI=1S/C26H23F2N3O5/c1-15-13-35-21-12-30-11-19(25(33)29-10-17-7-8-18(27)9-20(17)28)23(32)24(22(30)26(34)31(15)21)36-14-16-5-3-2-4-6-16/h2-9,11,15,21H,10,12-14H2,1H3,(H,29,33). The number of halogens is 2. The number of fused-ring (bicyclic) bond motifs is 2. The van der Waals surface area contributed by atoms with Gasteiger partial charge in [-0.1, -0.05) is 36.4 Å². The van der Waals surface area contributed by atoms with Gasteiger partial charge in [-0.05, 0) is 18.6 Å². The summed E-state index contributed by atoms with van der Waals surface area (Å²) in [7, 11) is 0. The first kappa shape index (κ1) is 23.7. The third-order valence-corrected chi connectivity index (χ3v) is 6.27. The summed E-state index contributed by atoms with van der Waals surface area (Å²) in [6.07, 6.45) is 0.763. The van der Waals surface area contributed by atoms with Gasteiger partial charge in [0.1, 0.15) is 23.8 Å². The predicted molar refractivity (Wildman–Crippen MR) is 124 cm³/mol. The first-order chi connectivity index (χ1) is 17.3. The van der Waals surface area contributed by atoms with Crippen molar-refractivity contribution in [3.63, 3.8) is 0 Å². The number of ether oxygens (including phenoxy) is 2. The van der Waals surface area contributed by atoms with Crippen molar-refractivity contribution >= 4 is 11.8 Å². The number of hydrogen-bond acceptors (Lipinski definition) is 5. The molecule has 0 saturated carbocycles. The summed E-state index contributed by atoms with van der Waals surface area (Å²) in [5.41, 5.74) is -0.144. The van der Waals surface area contributed by atoms with Crippen molar-refractivity contribution < 1.29 is 27.8 Å². The van der Waals surface area contributed by atoms with E-state index in [1.165, 1.54) is 16.8 Å². The van der Waals surface area contributed by atoms with Crippen molar-refractivity contribution in [2.75, 3.05) is 6.61 Å². The van der Waals surface area contributed by atoms with E-state index in [9.17, 15) is 23.2 Å². The molecule has 8 nitrogen and oxygen atoms in total. The lowest BCUT2D eigenvalue weighted by atomic mass is 10.1. The number of nitrogens with one attached hydrogen (secondary N) is 1. The third kappa shape index (κ3) is 4.35. The van der Waals surface area contributed by atoms with Crippen molar-refractivity contribution in [2.45, 2.75) is 38.9 Å². The number of carbonyl (C=O) groups is 2. The summed E-state index contributed by atoms with van der Waals surface area (Å²) in [4.78, 5) is 41.4. The van der Waals surface area contributed by atoms with Crippen LogP contribution in [-0.4, -0.2) is 40.2 Å². The largest absolute Gasteiger partial charge is 0.483 e. The number of hydrogen-bond donors (Lipinski definition) is 1. The van der Waals surface area contributed by atoms with E-state index in [1.807, 2.05) is 37.3 Å². The van der Waals surface area contributed by atoms with Crippen LogP contribution in [0.25, 0.3) is 0 Å². The van der Waals surface area contributed by atoms with Crippen LogP contribution in [0.1, 0.15) is 38.9 Å². The highest BCUT2D eigenvalue weighted by Gasteiger charge is 2.43. The lowest BCUT2D eigenvalue weighted by Crippen LogP contribution is -2.49. The quantitative estimate of drug-likeness (QED) is 0.568. The zero-order valence-corrected chi connectivity index (χ0v) is 19.4. The van der Waals surface area contributed by atoms with Gasteiger partial charge in [-0.2, -0.15) is 0 Å². The summed E-state index contributed by atoms with van der Waals surface area (Å²) >= 11 is 0. The van der Waals surface area contributed by atoms with Crippen LogP contribution in [0, 0.1) is 11.6 Å². The van der Waals surface area contributed by atoms with E-state index >= 15 is 0 Å². The summed E-state index contributed by atoms with van der Waals surface area (Å²) in [6, 6.07) is 11.9. The molecular weight excluding hydrogens is 472 g/mol. The summed E-state index contributed by atoms with van der Waals surface area (Å²) in [5.74, 6) is -2.99. The van der Waals surface area contributed by atoms with Crippen molar-refractivity contribution in [2.24, 2.45) is 0 Å². The fourth-order valence-corrected chi connectivity index (χ4v) is 4.42. The Kier molecular flexibility index (Phi) is 6.27. The molecule has 3 heterocycles. The maximum absolute atomic E-state index is 14.0. The van der Waals surface area contributed by atoms with Gasteiger partial charge < -0.3 is 24.3 Å². The molecule has 2 amide bonds. The first-order valence-electron chi connectivity index (χ1n) is 11.4. The molecular formula is C26H23F2N3O5. The van der Waals surface area contributed by atoms with Crippen LogP contribution in [0.2, 0.25) is 0 Å². The minimum Gasteiger partial charge on any atom is -0.483 e. The molecule has 10 heteroatoms. The molecule has 0 spiro atoms. The van der Waals surface area contributed by atoms with Crippen LogP contribution in [0.15, 0.2) is 59.5 Å². The topological polar surface area (TPSA) is 89.9 Å². The second-order valence-electron chi connectivity index (χ2n) is 8.74. The number of pyridine rings is 1. The maximum Gasteiger partial charge on any atom is 0.276 e. The second-order valence-corrected chi connectivity index (χ2v) is 8.74. The van der Waals surface area contributed by atoms with Gasteiger partial charge >= 0.3 is 0 Å². The fraction of sp³-hybridized carbons (Fsp3) is 0.269. The molecule has 0 aliphatic carbocycles. The van der Waals surface area contributed by atoms with Crippen LogP contribution in [0.5, 0.6) is 5.75 Å². The minimum atomic E-state index is -0.817. The van der Waals surface area contributed by atoms with Crippen LogP contribution in [0.3, 0.4) is 0 Å². The van der Waals surface area contributed by atoms with Crippen molar-refractivity contribution in [3.8, 4) is 5.75 Å². The van der Waals surface area contributed by atoms with Crippen molar-refractivity contribution in [3.05, 3.63) is 99.0 Å². The molecule has 36 heavy (non-hydrogen) atoms. The number of aromatic nitrogens is 1. The van der Waals surface area contributed by atoms with Gasteiger partial charge in [0.15, 0.2) is 17.7 Å². The molecule has 2 aliphatic heterocycles. The number of carbonyl (C=O) groups excluding carboxylic acids is 2. The normalized spacial score (nSPS) is 18.5. The Labute approximate surface area is 205 Å². The van der Waals surface area contributed by atoms with E-state index < -0.39 is 35.1 Å². The SMILES string of the molecule is CC1COC2Cn3cc(C(=O)NCc4ccc(F)cc4F)c(=O)c(OCc4ccccc4)c3C(=O)N12. The summed E-state index contributed by atoms with van der Waals surface area (Å²) in [6.45, 7) is 2.17. The monoisotopic (exact) mass is 495 g/mol. The zero-order valence-electron chi connectivity index (χ0n) is 19.4. The van der Waals surface area contributed by atoms with Gasteiger partial charge in [0.25, 0.3) is 11.8 Å². The Bertz CT molecular complexity index is 1390. The minimum absolute atomic E-state index is 0.0116. The first-order valence-corrected chi connectivity index (χ1v) is 11.4. The molecule has 2 atom stereocenters. The molecule has 1 N–H and O–H groups in total. The van der Waals surface area contributed by atoms with E-state index in [-0.39, 0.29) is 48.3 Å². The smallest absolute Gasteiger partial charge is 0.276 e. The molecule has 5 rings (SSSR count). The predicted octanol–water partition coefficient (Wildman–Crippen LogP) is 2.84. The molecule has 1 fully saturated rings. The van der Waals surface area contributed by atoms with Crippen LogP contribution in [-0.2, 0) is 24.4 Å². The Hall–Kier alpha value is -4.05. The van der Waals surface area contributed by atoms with Gasteiger partial charge in [0.2, 0.25) is 5.43 Å². The summed E-state index contributed by atoms with van der Waals surface area (Å²) in [5, 5.41) is 2.49. The summed E-state index contributed by atoms with van der Waals surface area (Å²) < 4.78 is 40.3. The Balaban J connectivity index is 1.50. The highest BCUT2D eigenvalue weighted by atomic mass is 19.1. The van der Waals surface area contributed by atoms with Gasteiger partial charge in [-0.25, -0.2) is 8.78 Å². The molecule has 1 aromatic heterocycles. The average Bonchev–Trinajstić information content (AvgIpc) is 3.24. The van der Waals surface area contributed by atoms with Crippen LogP contribution >= 0.6 is 0 Å². The zero-order chi connectivity index (χ0) is 25.4. The van der Waals surface area contributed by atoms with E-state index in [4.69, 9.17) is 9.47 Å². The molecule has 0 radical (unpaired) electrons. The molecule has 186 valence electrons. The van der Waals surface area contributed by atoms with Gasteiger partial charge in [-0.15, -0.1) is 0 Å². The van der Waals surface area contributed by atoms with E-state index in [1.54, 1.807) is 4.90 Å². The van der Waals surface area contributed by atoms with Crippen molar-refractivity contribution in [1.82, 2.24) is 14.8 Å². The Morgan fingerprint density at radius 3 is 2.69 bits per heavy atom. The highest BCUT2D eigenvalue weighted by Crippen LogP contribution is 2.30. The highest BCUT2D eigenvalue weighted by molar-refractivity contribution is 5.99. The number of benzene rings is 2. The van der Waals surface area contributed by atoms with Crippen molar-refractivity contribution in [1.29, 1.82) is 0 Å². The molecule has 2 aliphatic rings. The number of nitrogens with zero attached hydrogens (tertiary/aromatic N) is 2. The average molecular weight is 495 g/mol. The van der Waals surface area contributed by atoms with E-state index in [2.05, 4.69) is 5.32 Å². The molecule has 2 aromatic carbocycles. The van der Waals surface area contributed by atoms with E-state index in [0.29, 0.717) is 12.7 Å². The molecule has 2 unspecified atom stereocenters. The molecule has 3 aromatic rings.